The van der Waals surface area contributed by atoms with Crippen LogP contribution in [-0.2, 0) is 16.0 Å². The fourth-order valence-electron chi connectivity index (χ4n) is 6.79. The maximum Gasteiger partial charge on any atom is 0.139 e. The van der Waals surface area contributed by atoms with Crippen molar-refractivity contribution >= 4 is 5.78 Å². The molecule has 3 aliphatic carbocycles. The number of carbonyl (C=O) groups excluding carboxylic acids is 1. The first-order valence-electron chi connectivity index (χ1n) is 11.8. The molecule has 4 rings (SSSR count). The van der Waals surface area contributed by atoms with Crippen LogP contribution < -0.4 is 0 Å². The largest absolute Gasteiger partial charge is 0.508 e. The number of Topliss-reactive ketones (excluding diaryl/α,β-unsaturated/α-hetero) is 1. The van der Waals surface area contributed by atoms with E-state index >= 15 is 0 Å². The molecule has 3 nitrogen and oxygen atoms in total. The summed E-state index contributed by atoms with van der Waals surface area (Å²) in [5.74, 6) is 3.73. The van der Waals surface area contributed by atoms with Gasteiger partial charge in [-0.3, -0.25) is 4.79 Å². The van der Waals surface area contributed by atoms with Crippen LogP contribution in [0, 0.1) is 23.2 Å². The van der Waals surface area contributed by atoms with E-state index in [1.165, 1.54) is 16.7 Å². The lowest BCUT2D eigenvalue weighted by Gasteiger charge is -2.50. The van der Waals surface area contributed by atoms with E-state index < -0.39 is 0 Å². The molecule has 2 saturated carbocycles. The van der Waals surface area contributed by atoms with Gasteiger partial charge in [0.15, 0.2) is 0 Å². The van der Waals surface area contributed by atoms with Crippen molar-refractivity contribution in [3.8, 4) is 5.75 Å². The van der Waals surface area contributed by atoms with Crippen LogP contribution >= 0.6 is 0 Å². The Hall–Kier alpha value is -2.29. The van der Waals surface area contributed by atoms with Gasteiger partial charge < -0.3 is 9.84 Å². The van der Waals surface area contributed by atoms with Crippen molar-refractivity contribution in [2.75, 3.05) is 7.11 Å². The Morgan fingerprint density at radius 3 is 2.87 bits per heavy atom. The predicted molar refractivity (Wildman–Crippen MR) is 125 cm³/mol. The Morgan fingerprint density at radius 1 is 1.32 bits per heavy atom. The van der Waals surface area contributed by atoms with Gasteiger partial charge in [0.1, 0.15) is 11.5 Å². The number of allylic oxidation sites excluding steroid dienone is 5. The fourth-order valence-corrected chi connectivity index (χ4v) is 6.79. The molecule has 0 aromatic heterocycles. The molecule has 5 atom stereocenters. The predicted octanol–water partition coefficient (Wildman–Crippen LogP) is 6.49. The number of fused-ring (bicyclic) bond motifs is 5. The summed E-state index contributed by atoms with van der Waals surface area (Å²) in [6, 6.07) is 5.93. The van der Waals surface area contributed by atoms with Crippen molar-refractivity contribution in [3.63, 3.8) is 0 Å². The highest BCUT2D eigenvalue weighted by Crippen LogP contribution is 2.62. The second kappa shape index (κ2) is 8.68. The number of hydrogen-bond donors (Lipinski definition) is 1. The molecular weight excluding hydrogens is 384 g/mol. The third-order valence-corrected chi connectivity index (χ3v) is 8.47. The summed E-state index contributed by atoms with van der Waals surface area (Å²) in [6.45, 7) is 8.19. The molecule has 0 bridgehead atoms. The van der Waals surface area contributed by atoms with Crippen molar-refractivity contribution in [1.82, 2.24) is 0 Å². The summed E-state index contributed by atoms with van der Waals surface area (Å²) in [4.78, 5) is 13.2. The van der Waals surface area contributed by atoms with Gasteiger partial charge in [0.05, 0.1) is 12.9 Å². The number of benzene rings is 1. The van der Waals surface area contributed by atoms with Crippen LogP contribution in [0.5, 0.6) is 5.75 Å². The van der Waals surface area contributed by atoms with Crippen molar-refractivity contribution in [3.05, 3.63) is 65.5 Å². The first-order valence-corrected chi connectivity index (χ1v) is 11.8. The smallest absolute Gasteiger partial charge is 0.139 e. The van der Waals surface area contributed by atoms with Crippen molar-refractivity contribution < 1.29 is 14.6 Å². The summed E-state index contributed by atoms with van der Waals surface area (Å²) in [5.41, 5.74) is 3.77. The van der Waals surface area contributed by atoms with Crippen molar-refractivity contribution in [2.24, 2.45) is 23.2 Å². The molecule has 0 amide bonds. The number of rotatable bonds is 6. The molecule has 0 saturated heterocycles. The number of carbonyl (C=O) groups is 1. The standard InChI is InChI=1S/C28H36O3/c1-5-19(7-6-18(2)31-4)8-9-21-17-26(30)28(3)15-14-24-23-13-11-22(29)16-20(23)10-12-25(24)27(21)28/h5-7,11,13,16,21,24-25,27,29H,1,8-10,12,14-15,17H2,2-4H3/b18-6+,19-7+. The Kier molecular flexibility index (Phi) is 6.14. The zero-order chi connectivity index (χ0) is 22.2. The zero-order valence-corrected chi connectivity index (χ0v) is 19.2. The van der Waals surface area contributed by atoms with E-state index in [1.54, 1.807) is 7.11 Å². The van der Waals surface area contributed by atoms with Gasteiger partial charge in [0.25, 0.3) is 0 Å². The van der Waals surface area contributed by atoms with Gasteiger partial charge in [-0.15, -0.1) is 0 Å². The Bertz CT molecular complexity index is 924. The van der Waals surface area contributed by atoms with E-state index in [0.717, 1.165) is 50.7 Å². The molecule has 1 N–H and O–H groups in total. The summed E-state index contributed by atoms with van der Waals surface area (Å²) < 4.78 is 5.24. The molecule has 31 heavy (non-hydrogen) atoms. The lowest BCUT2D eigenvalue weighted by Crippen LogP contribution is -2.44. The average Bonchev–Trinajstić information content (AvgIpc) is 3.03. The van der Waals surface area contributed by atoms with Crippen LogP contribution in [0.15, 0.2) is 54.3 Å². The molecule has 166 valence electrons. The van der Waals surface area contributed by atoms with E-state index in [1.807, 2.05) is 31.2 Å². The topological polar surface area (TPSA) is 46.5 Å². The minimum Gasteiger partial charge on any atom is -0.508 e. The third-order valence-electron chi connectivity index (χ3n) is 8.47. The van der Waals surface area contributed by atoms with Crippen LogP contribution in [0.25, 0.3) is 0 Å². The van der Waals surface area contributed by atoms with Gasteiger partial charge in [0.2, 0.25) is 0 Å². The molecule has 0 radical (unpaired) electrons. The molecule has 3 heteroatoms. The number of hydrogen-bond acceptors (Lipinski definition) is 3. The maximum atomic E-state index is 13.2. The normalized spacial score (nSPS) is 32.8. The second-order valence-electron chi connectivity index (χ2n) is 10.0. The molecule has 3 aliphatic rings. The fraction of sp³-hybridized carbons (Fsp3) is 0.536. The van der Waals surface area contributed by atoms with E-state index in [4.69, 9.17) is 4.74 Å². The van der Waals surface area contributed by atoms with Crippen LogP contribution in [0.2, 0.25) is 0 Å². The zero-order valence-electron chi connectivity index (χ0n) is 19.2. The van der Waals surface area contributed by atoms with E-state index in [2.05, 4.69) is 25.6 Å². The monoisotopic (exact) mass is 420 g/mol. The first kappa shape index (κ1) is 21.9. The molecular formula is C28H36O3. The quantitative estimate of drug-likeness (QED) is 0.423. The highest BCUT2D eigenvalue weighted by molar-refractivity contribution is 5.87. The van der Waals surface area contributed by atoms with E-state index in [-0.39, 0.29) is 5.41 Å². The van der Waals surface area contributed by atoms with Gasteiger partial charge in [-0.2, -0.15) is 0 Å². The van der Waals surface area contributed by atoms with Crippen LogP contribution in [0.4, 0.5) is 0 Å². The summed E-state index contributed by atoms with van der Waals surface area (Å²) in [5, 5.41) is 9.92. The number of phenolic OH excluding ortho intramolecular Hbond substituents is 1. The minimum absolute atomic E-state index is 0.162. The lowest BCUT2D eigenvalue weighted by molar-refractivity contribution is -0.129. The van der Waals surface area contributed by atoms with Gasteiger partial charge >= 0.3 is 0 Å². The molecule has 0 aliphatic heterocycles. The van der Waals surface area contributed by atoms with Crippen LogP contribution in [0.1, 0.15) is 69.4 Å². The molecule has 5 unspecified atom stereocenters. The van der Waals surface area contributed by atoms with Gasteiger partial charge in [0, 0.05) is 11.8 Å². The maximum absolute atomic E-state index is 13.2. The Morgan fingerprint density at radius 2 is 2.13 bits per heavy atom. The minimum atomic E-state index is -0.162. The summed E-state index contributed by atoms with van der Waals surface area (Å²) >= 11 is 0. The van der Waals surface area contributed by atoms with Gasteiger partial charge in [-0.25, -0.2) is 0 Å². The number of phenols is 1. The van der Waals surface area contributed by atoms with Crippen LogP contribution in [-0.4, -0.2) is 18.0 Å². The summed E-state index contributed by atoms with van der Waals surface area (Å²) in [7, 11) is 1.68. The molecule has 2 fully saturated rings. The Balaban J connectivity index is 1.56. The van der Waals surface area contributed by atoms with Gasteiger partial charge in [-0.1, -0.05) is 31.7 Å². The number of aromatic hydroxyl groups is 1. The van der Waals surface area contributed by atoms with Crippen LogP contribution in [0.3, 0.4) is 0 Å². The molecule has 1 aromatic carbocycles. The lowest BCUT2D eigenvalue weighted by atomic mass is 9.54. The van der Waals surface area contributed by atoms with E-state index in [0.29, 0.717) is 35.2 Å². The SMILES string of the molecule is C=C/C(=C\C=C(/C)OC)CCC1CC(=O)C2(C)CCC3c4ccc(O)cc4CCC3C12. The molecule has 0 heterocycles. The number of ether oxygens (including phenoxy) is 1. The summed E-state index contributed by atoms with van der Waals surface area (Å²) in [6.07, 6.45) is 13.0. The van der Waals surface area contributed by atoms with Gasteiger partial charge in [-0.05, 0) is 104 Å². The second-order valence-corrected chi connectivity index (χ2v) is 10.0. The first-order chi connectivity index (χ1) is 14.9. The van der Waals surface area contributed by atoms with Crippen molar-refractivity contribution in [2.45, 2.75) is 64.7 Å². The van der Waals surface area contributed by atoms with E-state index in [9.17, 15) is 9.90 Å². The number of methoxy groups -OCH3 is 1. The third kappa shape index (κ3) is 4.00. The number of ketones is 1. The Labute approximate surface area is 186 Å². The average molecular weight is 421 g/mol. The highest BCUT2D eigenvalue weighted by atomic mass is 16.5. The van der Waals surface area contributed by atoms with Crippen molar-refractivity contribution in [1.29, 1.82) is 0 Å². The molecule has 0 spiro atoms. The highest BCUT2D eigenvalue weighted by Gasteiger charge is 2.58. The number of aryl methyl sites for hydroxylation is 1. The molecule has 1 aromatic rings.